The van der Waals surface area contributed by atoms with Gasteiger partial charge in [0.25, 0.3) is 5.91 Å². The zero-order valence-electron chi connectivity index (χ0n) is 12.8. The molecule has 0 radical (unpaired) electrons. The van der Waals surface area contributed by atoms with Gasteiger partial charge in [-0.15, -0.1) is 0 Å². The van der Waals surface area contributed by atoms with Crippen molar-refractivity contribution in [3.8, 4) is 0 Å². The molecule has 132 valence electrons. The van der Waals surface area contributed by atoms with E-state index >= 15 is 0 Å². The number of hydrogen-bond donors (Lipinski definition) is 2. The summed E-state index contributed by atoms with van der Waals surface area (Å²) >= 11 is 0. The molecule has 1 saturated heterocycles. The summed E-state index contributed by atoms with van der Waals surface area (Å²) in [6, 6.07) is 2.49. The number of hydrogen-bond acceptors (Lipinski definition) is 4. The Morgan fingerprint density at radius 2 is 2.00 bits per heavy atom. The maximum atomic E-state index is 12.2. The number of β-amino-alcohol motifs (C(OH)–C–C–N with tert-alkyl or cyclic N) is 1. The van der Waals surface area contributed by atoms with Gasteiger partial charge >= 0.3 is 6.18 Å². The van der Waals surface area contributed by atoms with Gasteiger partial charge in [0.2, 0.25) is 5.91 Å². The number of rotatable bonds is 4. The van der Waals surface area contributed by atoms with Crippen molar-refractivity contribution < 1.29 is 27.9 Å². The molecule has 2 atom stereocenters. The first-order chi connectivity index (χ1) is 11.3. The lowest BCUT2D eigenvalue weighted by Gasteiger charge is -2.36. The molecule has 0 saturated carbocycles. The van der Waals surface area contributed by atoms with E-state index in [0.29, 0.717) is 5.56 Å². The minimum atomic E-state index is -4.38. The standard InChI is InChI=1S/C15H18F3N3O3/c16-15(17,18)5-1-13(23)21-8-4-11(12(22)9-21)20-14(24)10-2-6-19-7-3-10/h2-3,6-7,11-12,22H,1,4-5,8-9H2,(H,20,24). The highest BCUT2D eigenvalue weighted by molar-refractivity contribution is 5.94. The lowest BCUT2D eigenvalue weighted by atomic mass is 10.0. The molecule has 24 heavy (non-hydrogen) atoms. The van der Waals surface area contributed by atoms with Gasteiger partial charge in [0.15, 0.2) is 0 Å². The SMILES string of the molecule is O=C(NC1CCN(C(=O)CCC(F)(F)F)CC1O)c1ccncc1. The topological polar surface area (TPSA) is 82.5 Å². The average molecular weight is 345 g/mol. The van der Waals surface area contributed by atoms with E-state index in [0.717, 1.165) is 0 Å². The summed E-state index contributed by atoms with van der Waals surface area (Å²) in [4.78, 5) is 28.8. The number of amides is 2. The Bertz CT molecular complexity index is 580. The number of aromatic nitrogens is 1. The molecule has 1 aromatic rings. The quantitative estimate of drug-likeness (QED) is 0.857. The Balaban J connectivity index is 1.84. The van der Waals surface area contributed by atoms with Crippen molar-refractivity contribution in [1.29, 1.82) is 0 Å². The number of alkyl halides is 3. The first-order valence-corrected chi connectivity index (χ1v) is 7.50. The Morgan fingerprint density at radius 3 is 2.58 bits per heavy atom. The lowest BCUT2D eigenvalue weighted by molar-refractivity contribution is -0.151. The maximum Gasteiger partial charge on any atom is 0.389 e. The molecule has 9 heteroatoms. The van der Waals surface area contributed by atoms with Crippen LogP contribution in [0.15, 0.2) is 24.5 Å². The summed E-state index contributed by atoms with van der Waals surface area (Å²) in [6.07, 6.45) is -4.02. The van der Waals surface area contributed by atoms with E-state index in [2.05, 4.69) is 10.3 Å². The Labute approximate surface area is 136 Å². The molecule has 1 fully saturated rings. The normalized spacial score (nSPS) is 21.4. The minimum Gasteiger partial charge on any atom is -0.389 e. The van der Waals surface area contributed by atoms with Gasteiger partial charge in [-0.2, -0.15) is 13.2 Å². The van der Waals surface area contributed by atoms with Crippen molar-refractivity contribution in [3.63, 3.8) is 0 Å². The Morgan fingerprint density at radius 1 is 1.33 bits per heavy atom. The molecule has 0 spiro atoms. The molecule has 1 aliphatic heterocycles. The molecule has 1 aromatic heterocycles. The van der Waals surface area contributed by atoms with Crippen LogP contribution in [0, 0.1) is 0 Å². The Hall–Kier alpha value is -2.16. The smallest absolute Gasteiger partial charge is 0.389 e. The monoisotopic (exact) mass is 345 g/mol. The number of likely N-dealkylation sites (tertiary alicyclic amines) is 1. The van der Waals surface area contributed by atoms with E-state index in [1.807, 2.05) is 0 Å². The molecular formula is C15H18F3N3O3. The summed E-state index contributed by atoms with van der Waals surface area (Å²) < 4.78 is 36.5. The second kappa shape index (κ2) is 7.61. The summed E-state index contributed by atoms with van der Waals surface area (Å²) in [6.45, 7) is 0.0903. The second-order valence-corrected chi connectivity index (χ2v) is 5.63. The molecule has 2 amide bonds. The van der Waals surface area contributed by atoms with Gasteiger partial charge in [-0.05, 0) is 18.6 Å². The van der Waals surface area contributed by atoms with E-state index in [4.69, 9.17) is 0 Å². The molecule has 0 aliphatic carbocycles. The van der Waals surface area contributed by atoms with Crippen LogP contribution in [-0.4, -0.2) is 58.2 Å². The van der Waals surface area contributed by atoms with Gasteiger partial charge in [0.05, 0.1) is 18.6 Å². The van der Waals surface area contributed by atoms with Crippen molar-refractivity contribution in [2.24, 2.45) is 0 Å². The average Bonchev–Trinajstić information content (AvgIpc) is 2.54. The largest absolute Gasteiger partial charge is 0.389 e. The number of carbonyl (C=O) groups is 2. The summed E-state index contributed by atoms with van der Waals surface area (Å²) in [7, 11) is 0. The number of aliphatic hydroxyl groups is 1. The van der Waals surface area contributed by atoms with Gasteiger partial charge in [-0.3, -0.25) is 14.6 Å². The molecule has 2 rings (SSSR count). The van der Waals surface area contributed by atoms with E-state index in [9.17, 15) is 27.9 Å². The predicted octanol–water partition coefficient (Wildman–Crippen LogP) is 1.12. The number of nitrogens with zero attached hydrogens (tertiary/aromatic N) is 2. The number of carbonyl (C=O) groups excluding carboxylic acids is 2. The fraction of sp³-hybridized carbons (Fsp3) is 0.533. The molecule has 2 unspecified atom stereocenters. The van der Waals surface area contributed by atoms with Crippen LogP contribution in [0.25, 0.3) is 0 Å². The molecule has 1 aliphatic rings. The van der Waals surface area contributed by atoms with Crippen LogP contribution in [0.4, 0.5) is 13.2 Å². The lowest BCUT2D eigenvalue weighted by Crippen LogP contribution is -2.55. The molecular weight excluding hydrogens is 327 g/mol. The van der Waals surface area contributed by atoms with Crippen LogP contribution in [0.1, 0.15) is 29.6 Å². The molecule has 0 bridgehead atoms. The van der Waals surface area contributed by atoms with Crippen LogP contribution < -0.4 is 5.32 Å². The first-order valence-electron chi connectivity index (χ1n) is 7.50. The molecule has 2 N–H and O–H groups in total. The maximum absolute atomic E-state index is 12.2. The van der Waals surface area contributed by atoms with E-state index in [1.165, 1.54) is 29.4 Å². The second-order valence-electron chi connectivity index (χ2n) is 5.63. The van der Waals surface area contributed by atoms with Crippen molar-refractivity contribution in [2.45, 2.75) is 37.6 Å². The van der Waals surface area contributed by atoms with Gasteiger partial charge in [0.1, 0.15) is 0 Å². The highest BCUT2D eigenvalue weighted by Crippen LogP contribution is 2.22. The van der Waals surface area contributed by atoms with Crippen LogP contribution in [0.3, 0.4) is 0 Å². The van der Waals surface area contributed by atoms with Gasteiger partial charge in [-0.25, -0.2) is 0 Å². The highest BCUT2D eigenvalue weighted by atomic mass is 19.4. The number of pyridine rings is 1. The predicted molar refractivity (Wildman–Crippen MR) is 78.0 cm³/mol. The molecule has 2 heterocycles. The zero-order valence-corrected chi connectivity index (χ0v) is 12.8. The van der Waals surface area contributed by atoms with E-state index in [1.54, 1.807) is 0 Å². The fourth-order valence-electron chi connectivity index (χ4n) is 2.49. The van der Waals surface area contributed by atoms with Gasteiger partial charge in [0, 0.05) is 37.5 Å². The van der Waals surface area contributed by atoms with Crippen molar-refractivity contribution >= 4 is 11.8 Å². The number of nitrogens with one attached hydrogen (secondary N) is 1. The summed E-state index contributed by atoms with van der Waals surface area (Å²) in [5.74, 6) is -1.02. The van der Waals surface area contributed by atoms with Crippen molar-refractivity contribution in [2.75, 3.05) is 13.1 Å². The van der Waals surface area contributed by atoms with E-state index in [-0.39, 0.29) is 25.4 Å². The summed E-state index contributed by atoms with van der Waals surface area (Å²) in [5.41, 5.74) is 0.390. The Kier molecular flexibility index (Phi) is 5.76. The number of halogens is 3. The number of piperidine rings is 1. The zero-order chi connectivity index (χ0) is 17.7. The third-order valence-electron chi connectivity index (χ3n) is 3.82. The third kappa shape index (κ3) is 5.19. The minimum absolute atomic E-state index is 0.0992. The summed E-state index contributed by atoms with van der Waals surface area (Å²) in [5, 5.41) is 12.7. The third-order valence-corrected chi connectivity index (χ3v) is 3.82. The highest BCUT2D eigenvalue weighted by Gasteiger charge is 2.33. The van der Waals surface area contributed by atoms with Crippen molar-refractivity contribution in [1.82, 2.24) is 15.2 Å². The van der Waals surface area contributed by atoms with Crippen LogP contribution in [0.2, 0.25) is 0 Å². The molecule has 6 nitrogen and oxygen atoms in total. The fourth-order valence-corrected chi connectivity index (χ4v) is 2.49. The number of aliphatic hydroxyl groups excluding tert-OH is 1. The van der Waals surface area contributed by atoms with E-state index < -0.39 is 37.1 Å². The molecule has 0 aromatic carbocycles. The van der Waals surface area contributed by atoms with Crippen LogP contribution >= 0.6 is 0 Å². The first kappa shape index (κ1) is 18.2. The van der Waals surface area contributed by atoms with Crippen LogP contribution in [0.5, 0.6) is 0 Å². The van der Waals surface area contributed by atoms with Crippen LogP contribution in [-0.2, 0) is 4.79 Å². The van der Waals surface area contributed by atoms with Gasteiger partial charge < -0.3 is 15.3 Å². The van der Waals surface area contributed by atoms with Gasteiger partial charge in [-0.1, -0.05) is 0 Å². The van der Waals surface area contributed by atoms with Crippen molar-refractivity contribution in [3.05, 3.63) is 30.1 Å².